The molecule has 0 aliphatic heterocycles. The van der Waals surface area contributed by atoms with Gasteiger partial charge in [0.1, 0.15) is 24.2 Å². The molecule has 0 heterocycles. The number of methoxy groups -OCH3 is 1. The number of hydrogen-bond donors (Lipinski definition) is 2. The predicted octanol–water partition coefficient (Wildman–Crippen LogP) is 4.03. The Hall–Kier alpha value is -2.37. The van der Waals surface area contributed by atoms with Crippen LogP contribution in [0.5, 0.6) is 11.5 Å². The fourth-order valence-electron chi connectivity index (χ4n) is 2.80. The van der Waals surface area contributed by atoms with E-state index in [1.807, 2.05) is 36.4 Å². The summed E-state index contributed by atoms with van der Waals surface area (Å²) >= 11 is 0. The zero-order chi connectivity index (χ0) is 21.3. The van der Waals surface area contributed by atoms with Crippen LogP contribution in [0.15, 0.2) is 48.5 Å². The highest BCUT2D eigenvalue weighted by atomic mass is 16.5. The number of carbonyl (C=O) groups excluding carboxylic acids is 1. The summed E-state index contributed by atoms with van der Waals surface area (Å²) in [5.41, 5.74) is 1.58. The topological polar surface area (TPSA) is 67.8 Å². The van der Waals surface area contributed by atoms with E-state index >= 15 is 0 Å². The summed E-state index contributed by atoms with van der Waals surface area (Å²) in [5, 5.41) is 13.6. The lowest BCUT2D eigenvalue weighted by molar-refractivity contribution is 0.0966. The van der Waals surface area contributed by atoms with Crippen LogP contribution < -0.4 is 14.8 Å². The number of aliphatic hydroxyl groups excluding tert-OH is 1. The van der Waals surface area contributed by atoms with E-state index in [1.54, 1.807) is 19.2 Å². The molecule has 5 nitrogen and oxygen atoms in total. The monoisotopic (exact) mass is 399 g/mol. The van der Waals surface area contributed by atoms with Crippen LogP contribution in [-0.2, 0) is 6.42 Å². The fraction of sp³-hybridized carbons (Fsp3) is 0.458. The number of nitrogens with one attached hydrogen (secondary N) is 1. The molecule has 0 aliphatic rings. The third-order valence-electron chi connectivity index (χ3n) is 5.12. The number of hydrogen-bond acceptors (Lipinski definition) is 5. The number of carbonyl (C=O) groups is 1. The highest BCUT2D eigenvalue weighted by Gasteiger charge is 2.16. The zero-order valence-corrected chi connectivity index (χ0v) is 17.9. The maximum atomic E-state index is 12.5. The quantitative estimate of drug-likeness (QED) is 0.528. The van der Waals surface area contributed by atoms with Crippen molar-refractivity contribution in [3.05, 3.63) is 59.7 Å². The molecule has 0 saturated heterocycles. The minimum absolute atomic E-state index is 0.0145. The van der Waals surface area contributed by atoms with Crippen molar-refractivity contribution in [2.45, 2.75) is 51.7 Å². The molecule has 0 radical (unpaired) electrons. The number of aliphatic hydroxyl groups is 1. The zero-order valence-electron chi connectivity index (χ0n) is 17.9. The fourth-order valence-corrected chi connectivity index (χ4v) is 2.80. The van der Waals surface area contributed by atoms with E-state index in [9.17, 15) is 9.90 Å². The van der Waals surface area contributed by atoms with Gasteiger partial charge in [0.2, 0.25) is 0 Å². The molecule has 0 aliphatic carbocycles. The van der Waals surface area contributed by atoms with Crippen molar-refractivity contribution < 1.29 is 19.4 Å². The molecular formula is C24H33NO4. The van der Waals surface area contributed by atoms with Crippen LogP contribution >= 0.6 is 0 Å². The van der Waals surface area contributed by atoms with Crippen molar-refractivity contribution in [3.8, 4) is 11.5 Å². The molecule has 0 bridgehead atoms. The Kier molecular flexibility index (Phi) is 8.68. The van der Waals surface area contributed by atoms with Crippen LogP contribution in [0.3, 0.4) is 0 Å². The Morgan fingerprint density at radius 2 is 1.93 bits per heavy atom. The number of ether oxygens (including phenoxy) is 2. The van der Waals surface area contributed by atoms with E-state index in [0.717, 1.165) is 12.0 Å². The molecule has 1 atom stereocenters. The summed E-state index contributed by atoms with van der Waals surface area (Å²) in [7, 11) is 1.59. The van der Waals surface area contributed by atoms with Crippen LogP contribution in [0.1, 0.15) is 49.5 Å². The lowest BCUT2D eigenvalue weighted by atomic mass is 10.0. The van der Waals surface area contributed by atoms with Crippen molar-refractivity contribution in [1.82, 2.24) is 5.32 Å². The molecule has 2 aromatic carbocycles. The normalized spacial score (nSPS) is 12.4. The minimum atomic E-state index is -0.604. The molecule has 29 heavy (non-hydrogen) atoms. The Balaban J connectivity index is 1.90. The average molecular weight is 400 g/mol. The first kappa shape index (κ1) is 22.9. The van der Waals surface area contributed by atoms with Crippen molar-refractivity contribution in [2.75, 3.05) is 20.3 Å². The second kappa shape index (κ2) is 11.0. The van der Waals surface area contributed by atoms with Gasteiger partial charge in [0.15, 0.2) is 5.78 Å². The Labute approximate surface area is 174 Å². The molecule has 2 rings (SSSR count). The molecule has 2 aromatic rings. The third kappa shape index (κ3) is 7.52. The molecule has 0 amide bonds. The number of ketones is 1. The third-order valence-corrected chi connectivity index (χ3v) is 5.12. The second-order valence-corrected chi connectivity index (χ2v) is 7.85. The summed E-state index contributed by atoms with van der Waals surface area (Å²) < 4.78 is 11.0. The van der Waals surface area contributed by atoms with Crippen LogP contribution in [0.2, 0.25) is 0 Å². The van der Waals surface area contributed by atoms with E-state index in [-0.39, 0.29) is 17.9 Å². The molecular weight excluding hydrogens is 366 g/mol. The first-order valence-electron chi connectivity index (χ1n) is 10.2. The van der Waals surface area contributed by atoms with Crippen molar-refractivity contribution in [2.24, 2.45) is 0 Å². The van der Waals surface area contributed by atoms with Gasteiger partial charge in [-0.2, -0.15) is 0 Å². The van der Waals surface area contributed by atoms with E-state index in [4.69, 9.17) is 9.47 Å². The van der Waals surface area contributed by atoms with Crippen molar-refractivity contribution in [3.63, 3.8) is 0 Å². The SMILES string of the molecule is CCC(C)(C)NCC(O)COc1ccccc1CCC(=O)c1cccc(OC)c1. The number of β-amino-alcohol motifs (C(OH)–C–C–N with tert-alkyl or cyclic N) is 1. The standard InChI is InChI=1S/C24H33NO4/c1-5-24(2,3)25-16-20(26)17-29-23-12-7-6-9-18(23)13-14-22(27)19-10-8-11-21(15-19)28-4/h6-12,15,20,25-26H,5,13-14,16-17H2,1-4H3. The molecule has 0 aromatic heterocycles. The first-order chi connectivity index (χ1) is 13.8. The number of rotatable bonds is 12. The summed E-state index contributed by atoms with van der Waals surface area (Å²) in [6, 6.07) is 14.9. The number of aryl methyl sites for hydroxylation is 1. The highest BCUT2D eigenvalue weighted by Crippen LogP contribution is 2.21. The average Bonchev–Trinajstić information content (AvgIpc) is 2.75. The number of Topliss-reactive ketones (excluding diaryl/α,β-unsaturated/α-hetero) is 1. The van der Waals surface area contributed by atoms with Gasteiger partial charge < -0.3 is 19.9 Å². The van der Waals surface area contributed by atoms with Crippen LogP contribution in [0.4, 0.5) is 0 Å². The molecule has 5 heteroatoms. The van der Waals surface area contributed by atoms with Gasteiger partial charge in [0.25, 0.3) is 0 Å². The van der Waals surface area contributed by atoms with Crippen LogP contribution in [0.25, 0.3) is 0 Å². The molecule has 0 saturated carbocycles. The lowest BCUT2D eigenvalue weighted by Gasteiger charge is -2.26. The van der Waals surface area contributed by atoms with Gasteiger partial charge in [-0.3, -0.25) is 4.79 Å². The van der Waals surface area contributed by atoms with Crippen molar-refractivity contribution >= 4 is 5.78 Å². The van der Waals surface area contributed by atoms with Crippen molar-refractivity contribution in [1.29, 1.82) is 0 Å². The number of benzene rings is 2. The summed E-state index contributed by atoms with van der Waals surface area (Å²) in [4.78, 5) is 12.5. The summed E-state index contributed by atoms with van der Waals surface area (Å²) in [5.74, 6) is 1.44. The largest absolute Gasteiger partial charge is 0.497 e. The van der Waals surface area contributed by atoms with Crippen LogP contribution in [0, 0.1) is 0 Å². The van der Waals surface area contributed by atoms with E-state index in [2.05, 4.69) is 26.1 Å². The maximum Gasteiger partial charge on any atom is 0.163 e. The molecule has 2 N–H and O–H groups in total. The van der Waals surface area contributed by atoms with E-state index in [1.165, 1.54) is 0 Å². The minimum Gasteiger partial charge on any atom is -0.497 e. The van der Waals surface area contributed by atoms with Gasteiger partial charge >= 0.3 is 0 Å². The highest BCUT2D eigenvalue weighted by molar-refractivity contribution is 5.96. The summed E-state index contributed by atoms with van der Waals surface area (Å²) in [6.45, 7) is 6.99. The van der Waals surface area contributed by atoms with E-state index < -0.39 is 6.10 Å². The Bertz CT molecular complexity index is 788. The number of para-hydroxylation sites is 1. The van der Waals surface area contributed by atoms with Gasteiger partial charge in [-0.1, -0.05) is 37.3 Å². The molecule has 1 unspecified atom stereocenters. The van der Waals surface area contributed by atoms with Crippen LogP contribution in [-0.4, -0.2) is 42.8 Å². The van der Waals surface area contributed by atoms with Gasteiger partial charge in [-0.15, -0.1) is 0 Å². The summed E-state index contributed by atoms with van der Waals surface area (Å²) in [6.07, 6.45) is 1.32. The lowest BCUT2D eigenvalue weighted by Crippen LogP contribution is -2.44. The van der Waals surface area contributed by atoms with Gasteiger partial charge in [-0.25, -0.2) is 0 Å². The molecule has 0 fully saturated rings. The molecule has 158 valence electrons. The Morgan fingerprint density at radius 1 is 1.17 bits per heavy atom. The molecule has 0 spiro atoms. The predicted molar refractivity (Wildman–Crippen MR) is 116 cm³/mol. The van der Waals surface area contributed by atoms with Gasteiger partial charge in [-0.05, 0) is 50.5 Å². The van der Waals surface area contributed by atoms with Gasteiger partial charge in [0.05, 0.1) is 7.11 Å². The van der Waals surface area contributed by atoms with Gasteiger partial charge in [0, 0.05) is 24.1 Å². The first-order valence-corrected chi connectivity index (χ1v) is 10.2. The Morgan fingerprint density at radius 3 is 2.66 bits per heavy atom. The maximum absolute atomic E-state index is 12.5. The second-order valence-electron chi connectivity index (χ2n) is 7.85. The van der Waals surface area contributed by atoms with E-state index in [0.29, 0.717) is 36.4 Å². The smallest absolute Gasteiger partial charge is 0.163 e.